The minimum absolute atomic E-state index is 0.00393. The molecule has 6 heteroatoms. The van der Waals surface area contributed by atoms with Crippen LogP contribution in [0.15, 0.2) is 28.1 Å². The van der Waals surface area contributed by atoms with Gasteiger partial charge in [0, 0.05) is 6.54 Å². The molecule has 0 aromatic heterocycles. The summed E-state index contributed by atoms with van der Waals surface area (Å²) in [6, 6.07) is 5.23. The van der Waals surface area contributed by atoms with Gasteiger partial charge in [-0.05, 0) is 42.6 Å². The van der Waals surface area contributed by atoms with Crippen molar-refractivity contribution in [1.82, 2.24) is 4.31 Å². The van der Waals surface area contributed by atoms with Crippen LogP contribution in [-0.4, -0.2) is 24.6 Å². The molecule has 0 saturated carbocycles. The van der Waals surface area contributed by atoms with E-state index in [1.807, 2.05) is 13.0 Å². The van der Waals surface area contributed by atoms with Gasteiger partial charge in [0.2, 0.25) is 5.29 Å². The van der Waals surface area contributed by atoms with E-state index < -0.39 is 10.0 Å². The molecule has 1 heterocycles. The standard InChI is InChI=1S/C11H13ClN2O2S/c1-3-8-5-6-9-10(7-8)17(15,16)14(4-2)11(12)13-9/h5-7H,3-4H2,1-2H3. The monoisotopic (exact) mass is 272 g/mol. The van der Waals surface area contributed by atoms with E-state index in [-0.39, 0.29) is 16.7 Å². The average molecular weight is 273 g/mol. The second kappa shape index (κ2) is 4.31. The summed E-state index contributed by atoms with van der Waals surface area (Å²) < 4.78 is 25.7. The maximum atomic E-state index is 12.3. The maximum absolute atomic E-state index is 12.3. The minimum Gasteiger partial charge on any atom is -0.240 e. The number of benzene rings is 1. The summed E-state index contributed by atoms with van der Waals surface area (Å²) in [5.74, 6) is 0. The van der Waals surface area contributed by atoms with Gasteiger partial charge in [0.25, 0.3) is 10.0 Å². The zero-order valence-corrected chi connectivity index (χ0v) is 11.2. The normalized spacial score (nSPS) is 17.6. The molecular formula is C11H13ClN2O2S. The molecular weight excluding hydrogens is 260 g/mol. The number of halogens is 1. The Hall–Kier alpha value is -1.07. The van der Waals surface area contributed by atoms with Gasteiger partial charge in [-0.2, -0.15) is 0 Å². The first-order chi connectivity index (χ1) is 8.00. The highest BCUT2D eigenvalue weighted by Crippen LogP contribution is 2.33. The molecule has 0 amide bonds. The molecule has 4 nitrogen and oxygen atoms in total. The van der Waals surface area contributed by atoms with Crippen molar-refractivity contribution in [3.8, 4) is 0 Å². The number of fused-ring (bicyclic) bond motifs is 1. The molecule has 0 aliphatic carbocycles. The Kier molecular flexibility index (Phi) is 3.14. The van der Waals surface area contributed by atoms with Gasteiger partial charge in [-0.15, -0.1) is 0 Å². The lowest BCUT2D eigenvalue weighted by Crippen LogP contribution is -2.36. The largest absolute Gasteiger partial charge is 0.268 e. The highest BCUT2D eigenvalue weighted by molar-refractivity contribution is 7.90. The van der Waals surface area contributed by atoms with Gasteiger partial charge in [-0.25, -0.2) is 17.7 Å². The molecule has 0 unspecified atom stereocenters. The average Bonchev–Trinajstić information content (AvgIpc) is 2.28. The Labute approximate surface area is 106 Å². The lowest BCUT2D eigenvalue weighted by molar-refractivity contribution is 0.532. The molecule has 0 radical (unpaired) electrons. The molecule has 1 aromatic carbocycles. The lowest BCUT2D eigenvalue weighted by atomic mass is 10.1. The number of rotatable bonds is 2. The van der Waals surface area contributed by atoms with Crippen LogP contribution in [0.5, 0.6) is 0 Å². The van der Waals surface area contributed by atoms with Crippen molar-refractivity contribution in [2.45, 2.75) is 25.2 Å². The second-order valence-corrected chi connectivity index (χ2v) is 5.88. The van der Waals surface area contributed by atoms with E-state index in [0.29, 0.717) is 5.69 Å². The Balaban J connectivity index is 2.69. The molecule has 0 fully saturated rings. The summed E-state index contributed by atoms with van der Waals surface area (Å²) >= 11 is 5.87. The molecule has 17 heavy (non-hydrogen) atoms. The first-order valence-corrected chi connectivity index (χ1v) is 7.22. The van der Waals surface area contributed by atoms with Crippen LogP contribution < -0.4 is 0 Å². The number of aliphatic imine (C=N–C) groups is 1. The third-order valence-electron chi connectivity index (χ3n) is 2.71. The van der Waals surface area contributed by atoms with Gasteiger partial charge in [0.15, 0.2) is 0 Å². The SMILES string of the molecule is CCc1ccc2c(c1)S(=O)(=O)N(CC)C(Cl)=N2. The molecule has 1 aliphatic heterocycles. The van der Waals surface area contributed by atoms with Crippen molar-refractivity contribution in [2.75, 3.05) is 6.54 Å². The van der Waals surface area contributed by atoms with Gasteiger partial charge in [-0.3, -0.25) is 0 Å². The van der Waals surface area contributed by atoms with Gasteiger partial charge >= 0.3 is 0 Å². The van der Waals surface area contributed by atoms with Gasteiger partial charge in [-0.1, -0.05) is 13.0 Å². The van der Waals surface area contributed by atoms with E-state index in [2.05, 4.69) is 4.99 Å². The quantitative estimate of drug-likeness (QED) is 0.777. The molecule has 1 aromatic rings. The fourth-order valence-corrected chi connectivity index (χ4v) is 3.73. The number of sulfonamides is 1. The molecule has 92 valence electrons. The molecule has 1 aliphatic rings. The molecule has 0 N–H and O–H groups in total. The zero-order chi connectivity index (χ0) is 12.6. The third-order valence-corrected chi connectivity index (χ3v) is 4.99. The number of amidine groups is 1. The molecule has 0 atom stereocenters. The van der Waals surface area contributed by atoms with E-state index in [0.717, 1.165) is 16.3 Å². The van der Waals surface area contributed by atoms with Crippen LogP contribution in [0, 0.1) is 0 Å². The fourth-order valence-electron chi connectivity index (χ4n) is 1.75. The topological polar surface area (TPSA) is 49.7 Å². The summed E-state index contributed by atoms with van der Waals surface area (Å²) in [6.07, 6.45) is 0.784. The highest BCUT2D eigenvalue weighted by Gasteiger charge is 2.32. The summed E-state index contributed by atoms with van der Waals surface area (Å²) in [4.78, 5) is 4.34. The van der Waals surface area contributed by atoms with Crippen LogP contribution in [0.2, 0.25) is 0 Å². The van der Waals surface area contributed by atoms with E-state index >= 15 is 0 Å². The number of hydrogen-bond acceptors (Lipinski definition) is 3. The Morgan fingerprint density at radius 3 is 2.65 bits per heavy atom. The third kappa shape index (κ3) is 1.93. The first-order valence-electron chi connectivity index (χ1n) is 5.40. The van der Waals surface area contributed by atoms with Crippen molar-refractivity contribution >= 4 is 32.6 Å². The lowest BCUT2D eigenvalue weighted by Gasteiger charge is -2.25. The van der Waals surface area contributed by atoms with Crippen LogP contribution in [-0.2, 0) is 16.4 Å². The van der Waals surface area contributed by atoms with Gasteiger partial charge < -0.3 is 0 Å². The van der Waals surface area contributed by atoms with E-state index in [1.54, 1.807) is 19.1 Å². The van der Waals surface area contributed by atoms with Crippen molar-refractivity contribution in [3.05, 3.63) is 23.8 Å². The second-order valence-electron chi connectivity index (χ2n) is 3.71. The molecule has 0 saturated heterocycles. The Bertz CT molecular complexity index is 581. The predicted octanol–water partition coefficient (Wildman–Crippen LogP) is 2.50. The fraction of sp³-hybridized carbons (Fsp3) is 0.364. The van der Waals surface area contributed by atoms with Crippen LogP contribution in [0.1, 0.15) is 19.4 Å². The Morgan fingerprint density at radius 2 is 2.06 bits per heavy atom. The van der Waals surface area contributed by atoms with Crippen LogP contribution in [0.4, 0.5) is 5.69 Å². The predicted molar refractivity (Wildman–Crippen MR) is 68.3 cm³/mol. The Morgan fingerprint density at radius 1 is 1.35 bits per heavy atom. The molecule has 0 spiro atoms. The molecule has 0 bridgehead atoms. The summed E-state index contributed by atoms with van der Waals surface area (Å²) in [5.41, 5.74) is 1.38. The van der Waals surface area contributed by atoms with Crippen molar-refractivity contribution in [3.63, 3.8) is 0 Å². The summed E-state index contributed by atoms with van der Waals surface area (Å²) in [7, 11) is -3.54. The zero-order valence-electron chi connectivity index (χ0n) is 9.64. The number of aryl methyl sites for hydroxylation is 1. The van der Waals surface area contributed by atoms with Crippen LogP contribution in [0.3, 0.4) is 0 Å². The minimum atomic E-state index is -3.54. The van der Waals surface area contributed by atoms with Crippen molar-refractivity contribution < 1.29 is 8.42 Å². The van der Waals surface area contributed by atoms with Crippen LogP contribution in [0.25, 0.3) is 0 Å². The van der Waals surface area contributed by atoms with E-state index in [9.17, 15) is 8.42 Å². The summed E-state index contributed by atoms with van der Waals surface area (Å²) in [5, 5.41) is 0.00393. The molecule has 2 rings (SSSR count). The van der Waals surface area contributed by atoms with E-state index in [1.165, 1.54) is 0 Å². The maximum Gasteiger partial charge on any atom is 0.268 e. The van der Waals surface area contributed by atoms with E-state index in [4.69, 9.17) is 11.6 Å². The van der Waals surface area contributed by atoms with Crippen molar-refractivity contribution in [2.24, 2.45) is 4.99 Å². The van der Waals surface area contributed by atoms with Crippen molar-refractivity contribution in [1.29, 1.82) is 0 Å². The summed E-state index contributed by atoms with van der Waals surface area (Å²) in [6.45, 7) is 3.98. The van der Waals surface area contributed by atoms with Gasteiger partial charge in [0.05, 0.1) is 5.69 Å². The smallest absolute Gasteiger partial charge is 0.240 e. The number of hydrogen-bond donors (Lipinski definition) is 0. The van der Waals surface area contributed by atoms with Gasteiger partial charge in [0.1, 0.15) is 4.90 Å². The first kappa shape index (κ1) is 12.4. The highest BCUT2D eigenvalue weighted by atomic mass is 35.5. The van der Waals surface area contributed by atoms with Crippen LogP contribution >= 0.6 is 11.6 Å². The number of nitrogens with zero attached hydrogens (tertiary/aromatic N) is 2.